The van der Waals surface area contributed by atoms with Crippen molar-refractivity contribution in [1.82, 2.24) is 10.2 Å². The van der Waals surface area contributed by atoms with Crippen LogP contribution >= 0.6 is 11.6 Å². The van der Waals surface area contributed by atoms with E-state index in [9.17, 15) is 19.7 Å². The van der Waals surface area contributed by atoms with Crippen LogP contribution in [0.25, 0.3) is 6.08 Å². The van der Waals surface area contributed by atoms with Crippen LogP contribution in [-0.4, -0.2) is 34.7 Å². The van der Waals surface area contributed by atoms with Crippen LogP contribution in [0.3, 0.4) is 0 Å². The third kappa shape index (κ3) is 5.20. The van der Waals surface area contributed by atoms with Gasteiger partial charge in [-0.05, 0) is 49.1 Å². The number of benzene rings is 2. The molecule has 1 N–H and O–H groups in total. The first-order valence-corrected chi connectivity index (χ1v) is 9.65. The third-order valence-corrected chi connectivity index (χ3v) is 5.01. The topological polar surface area (TPSA) is 92.6 Å². The van der Waals surface area contributed by atoms with Crippen molar-refractivity contribution < 1.29 is 14.5 Å². The summed E-state index contributed by atoms with van der Waals surface area (Å²) in [6.07, 6.45) is 4.47. The smallest absolute Gasteiger partial charge is 0.270 e. The van der Waals surface area contributed by atoms with E-state index in [2.05, 4.69) is 5.32 Å². The molecule has 29 heavy (non-hydrogen) atoms. The molecular formula is C21H20ClN3O4. The Balaban J connectivity index is 1.88. The van der Waals surface area contributed by atoms with Gasteiger partial charge in [0.1, 0.15) is 5.70 Å². The van der Waals surface area contributed by atoms with Gasteiger partial charge < -0.3 is 10.2 Å². The molecule has 0 unspecified atom stereocenters. The van der Waals surface area contributed by atoms with E-state index >= 15 is 0 Å². The minimum atomic E-state index is -0.537. The van der Waals surface area contributed by atoms with E-state index in [0.717, 1.165) is 19.3 Å². The van der Waals surface area contributed by atoms with Gasteiger partial charge >= 0.3 is 0 Å². The average Bonchev–Trinajstić information content (AvgIpc) is 2.75. The van der Waals surface area contributed by atoms with Crippen LogP contribution in [0.5, 0.6) is 0 Å². The molecule has 1 heterocycles. The van der Waals surface area contributed by atoms with Gasteiger partial charge in [-0.15, -0.1) is 0 Å². The number of nitrogens with zero attached hydrogens (tertiary/aromatic N) is 2. The Labute approximate surface area is 173 Å². The lowest BCUT2D eigenvalue weighted by atomic mass is 10.1. The van der Waals surface area contributed by atoms with E-state index < -0.39 is 10.8 Å². The first kappa shape index (κ1) is 20.5. The largest absolute Gasteiger partial charge is 0.337 e. The predicted molar refractivity (Wildman–Crippen MR) is 110 cm³/mol. The summed E-state index contributed by atoms with van der Waals surface area (Å²) in [5.74, 6) is -0.802. The Morgan fingerprint density at radius 2 is 1.69 bits per heavy atom. The molecule has 0 saturated carbocycles. The number of rotatable bonds is 5. The number of non-ortho nitro benzene ring substituents is 1. The molecule has 1 aliphatic rings. The zero-order valence-corrected chi connectivity index (χ0v) is 16.4. The van der Waals surface area contributed by atoms with Gasteiger partial charge in [-0.2, -0.15) is 0 Å². The van der Waals surface area contributed by atoms with Crippen molar-refractivity contribution in [3.8, 4) is 0 Å². The number of halogens is 1. The third-order valence-electron chi connectivity index (χ3n) is 4.67. The molecule has 2 aromatic rings. The van der Waals surface area contributed by atoms with E-state index in [1.165, 1.54) is 24.3 Å². The van der Waals surface area contributed by atoms with E-state index in [0.29, 0.717) is 23.7 Å². The monoisotopic (exact) mass is 413 g/mol. The molecule has 1 fully saturated rings. The fourth-order valence-electron chi connectivity index (χ4n) is 3.10. The molecule has 0 radical (unpaired) electrons. The number of hydrogen-bond donors (Lipinski definition) is 1. The van der Waals surface area contributed by atoms with E-state index in [4.69, 9.17) is 11.6 Å². The number of amides is 2. The molecule has 0 aromatic heterocycles. The molecule has 7 nitrogen and oxygen atoms in total. The SMILES string of the molecule is O=C(NC(=Cc1ccccc1Cl)C(=O)N1CCCCC1)c1ccc([N+](=O)[O-])cc1. The summed E-state index contributed by atoms with van der Waals surface area (Å²) in [6, 6.07) is 12.2. The maximum absolute atomic E-state index is 13.0. The number of carbonyl (C=O) groups excluding carboxylic acids is 2. The highest BCUT2D eigenvalue weighted by molar-refractivity contribution is 6.32. The molecule has 3 rings (SSSR count). The van der Waals surface area contributed by atoms with Gasteiger partial charge in [0.2, 0.25) is 0 Å². The van der Waals surface area contributed by atoms with Crippen molar-refractivity contribution in [1.29, 1.82) is 0 Å². The van der Waals surface area contributed by atoms with Crippen LogP contribution in [0, 0.1) is 10.1 Å². The molecule has 2 aromatic carbocycles. The van der Waals surface area contributed by atoms with Crippen molar-refractivity contribution in [3.63, 3.8) is 0 Å². The molecular weight excluding hydrogens is 394 g/mol. The number of hydrogen-bond acceptors (Lipinski definition) is 4. The van der Waals surface area contributed by atoms with Crippen LogP contribution in [0.4, 0.5) is 5.69 Å². The van der Waals surface area contributed by atoms with Crippen LogP contribution < -0.4 is 5.32 Å². The summed E-state index contributed by atoms with van der Waals surface area (Å²) < 4.78 is 0. The first-order chi connectivity index (χ1) is 14.0. The van der Waals surface area contributed by atoms with Crippen molar-refractivity contribution >= 4 is 35.2 Å². The minimum Gasteiger partial charge on any atom is -0.337 e. The van der Waals surface area contributed by atoms with Crippen molar-refractivity contribution in [2.75, 3.05) is 13.1 Å². The van der Waals surface area contributed by atoms with E-state index in [1.54, 1.807) is 35.2 Å². The average molecular weight is 414 g/mol. The molecule has 0 bridgehead atoms. The zero-order valence-electron chi connectivity index (χ0n) is 15.6. The predicted octanol–water partition coefficient (Wildman–Crippen LogP) is 4.03. The highest BCUT2D eigenvalue weighted by atomic mass is 35.5. The van der Waals surface area contributed by atoms with Crippen molar-refractivity contribution in [2.45, 2.75) is 19.3 Å². The van der Waals surface area contributed by atoms with E-state index in [-0.39, 0.29) is 22.9 Å². The van der Waals surface area contributed by atoms with Crippen LogP contribution in [0.15, 0.2) is 54.2 Å². The highest BCUT2D eigenvalue weighted by Crippen LogP contribution is 2.20. The second-order valence-corrected chi connectivity index (χ2v) is 7.10. The fourth-order valence-corrected chi connectivity index (χ4v) is 3.29. The van der Waals surface area contributed by atoms with Gasteiger partial charge in [-0.25, -0.2) is 0 Å². The van der Waals surface area contributed by atoms with Gasteiger partial charge in [0.25, 0.3) is 17.5 Å². The first-order valence-electron chi connectivity index (χ1n) is 9.27. The Morgan fingerprint density at radius 1 is 1.03 bits per heavy atom. The number of nitro benzene ring substituents is 1. The number of nitro groups is 1. The number of nitrogens with one attached hydrogen (secondary N) is 1. The summed E-state index contributed by atoms with van der Waals surface area (Å²) >= 11 is 6.21. The van der Waals surface area contributed by atoms with Gasteiger partial charge in [0.15, 0.2) is 0 Å². The number of likely N-dealkylation sites (tertiary alicyclic amines) is 1. The van der Waals surface area contributed by atoms with Crippen LogP contribution in [0.2, 0.25) is 5.02 Å². The summed E-state index contributed by atoms with van der Waals surface area (Å²) in [4.78, 5) is 37.7. The molecule has 2 amide bonds. The quantitative estimate of drug-likeness (QED) is 0.455. The van der Waals surface area contributed by atoms with Crippen LogP contribution in [0.1, 0.15) is 35.2 Å². The number of piperidine rings is 1. The Morgan fingerprint density at radius 3 is 2.31 bits per heavy atom. The summed E-state index contributed by atoms with van der Waals surface area (Å²) in [6.45, 7) is 1.26. The van der Waals surface area contributed by atoms with Gasteiger partial charge in [0, 0.05) is 35.8 Å². The summed E-state index contributed by atoms with van der Waals surface area (Å²) in [5, 5.41) is 13.9. The molecule has 0 spiro atoms. The Hall–Kier alpha value is -3.19. The lowest BCUT2D eigenvalue weighted by Gasteiger charge is -2.27. The second kappa shape index (κ2) is 9.34. The second-order valence-electron chi connectivity index (χ2n) is 6.69. The highest BCUT2D eigenvalue weighted by Gasteiger charge is 2.23. The molecule has 1 saturated heterocycles. The van der Waals surface area contributed by atoms with Gasteiger partial charge in [-0.3, -0.25) is 19.7 Å². The maximum Gasteiger partial charge on any atom is 0.270 e. The Kier molecular flexibility index (Phi) is 6.61. The van der Waals surface area contributed by atoms with Gasteiger partial charge in [-0.1, -0.05) is 29.8 Å². The lowest BCUT2D eigenvalue weighted by molar-refractivity contribution is -0.384. The Bertz CT molecular complexity index is 951. The van der Waals surface area contributed by atoms with Crippen molar-refractivity contribution in [3.05, 3.63) is 80.5 Å². The summed E-state index contributed by atoms with van der Waals surface area (Å²) in [7, 11) is 0. The molecule has 0 atom stereocenters. The summed E-state index contributed by atoms with van der Waals surface area (Å²) in [5.41, 5.74) is 0.826. The molecule has 1 aliphatic heterocycles. The molecule has 0 aliphatic carbocycles. The molecule has 8 heteroatoms. The normalized spacial score (nSPS) is 14.4. The van der Waals surface area contributed by atoms with E-state index in [1.807, 2.05) is 0 Å². The van der Waals surface area contributed by atoms with Crippen LogP contribution in [-0.2, 0) is 4.79 Å². The standard InChI is InChI=1S/C21H20ClN3O4/c22-18-7-3-2-6-16(18)14-19(21(27)24-12-4-1-5-13-24)23-20(26)15-8-10-17(11-9-15)25(28)29/h2-3,6-11,14H,1,4-5,12-13H2,(H,23,26). The number of carbonyl (C=O) groups is 2. The minimum absolute atomic E-state index is 0.113. The lowest BCUT2D eigenvalue weighted by Crippen LogP contribution is -2.41. The molecule has 150 valence electrons. The zero-order chi connectivity index (χ0) is 20.8. The van der Waals surface area contributed by atoms with Gasteiger partial charge in [0.05, 0.1) is 4.92 Å². The van der Waals surface area contributed by atoms with Crippen molar-refractivity contribution in [2.24, 2.45) is 0 Å². The maximum atomic E-state index is 13.0. The fraction of sp³-hybridized carbons (Fsp3) is 0.238.